The second-order valence-electron chi connectivity index (χ2n) is 5.64. The van der Waals surface area contributed by atoms with E-state index in [4.69, 9.17) is 5.11 Å². The van der Waals surface area contributed by atoms with E-state index in [1.54, 1.807) is 12.1 Å². The molecule has 0 heterocycles. The number of nitrogens with one attached hydrogen (secondary N) is 2. The molecule has 0 aliphatic rings. The zero-order valence-corrected chi connectivity index (χ0v) is 15.1. The molecule has 140 valence electrons. The Labute approximate surface area is 152 Å². The first-order valence-electron chi connectivity index (χ1n) is 8.12. The van der Waals surface area contributed by atoms with Crippen LogP contribution in [0.15, 0.2) is 47.4 Å². The van der Waals surface area contributed by atoms with Gasteiger partial charge in [-0.2, -0.15) is 0 Å². The number of rotatable bonds is 9. The minimum absolute atomic E-state index is 0.0466. The maximum absolute atomic E-state index is 12.6. The Morgan fingerprint density at radius 1 is 1.12 bits per heavy atom. The maximum Gasteiger partial charge on any atom is 0.271 e. The van der Waals surface area contributed by atoms with Crippen LogP contribution in [0.3, 0.4) is 0 Å². The normalized spacial score (nSPS) is 11.2. The summed E-state index contributed by atoms with van der Waals surface area (Å²) in [5, 5.41) is 22.7. The van der Waals surface area contributed by atoms with Gasteiger partial charge in [-0.15, -0.1) is 0 Å². The van der Waals surface area contributed by atoms with Crippen LogP contribution in [-0.2, 0) is 16.4 Å². The predicted molar refractivity (Wildman–Crippen MR) is 99.9 cm³/mol. The highest BCUT2D eigenvalue weighted by atomic mass is 32.2. The minimum atomic E-state index is -3.91. The Hall–Kier alpha value is -2.65. The number of hydrogen-bond donors (Lipinski definition) is 3. The molecule has 9 heteroatoms. The first-order chi connectivity index (χ1) is 12.4. The Balaban J connectivity index is 2.34. The van der Waals surface area contributed by atoms with Crippen molar-refractivity contribution < 1.29 is 18.4 Å². The van der Waals surface area contributed by atoms with Gasteiger partial charge < -0.3 is 10.4 Å². The van der Waals surface area contributed by atoms with Crippen LogP contribution < -0.4 is 10.0 Å². The van der Waals surface area contributed by atoms with E-state index < -0.39 is 14.9 Å². The predicted octanol–water partition coefficient (Wildman–Crippen LogP) is 2.75. The van der Waals surface area contributed by atoms with Gasteiger partial charge in [-0.1, -0.05) is 25.5 Å². The fraction of sp³-hybridized carbons (Fsp3) is 0.294. The summed E-state index contributed by atoms with van der Waals surface area (Å²) in [7, 11) is -3.91. The molecule has 2 aromatic carbocycles. The van der Waals surface area contributed by atoms with E-state index in [2.05, 4.69) is 10.0 Å². The van der Waals surface area contributed by atoms with E-state index in [0.717, 1.165) is 24.5 Å². The van der Waals surface area contributed by atoms with Crippen molar-refractivity contribution in [3.05, 3.63) is 58.1 Å². The molecule has 0 aliphatic heterocycles. The van der Waals surface area contributed by atoms with Gasteiger partial charge in [-0.05, 0) is 30.2 Å². The average Bonchev–Trinajstić information content (AvgIpc) is 2.61. The van der Waals surface area contributed by atoms with Gasteiger partial charge in [0.05, 0.1) is 27.8 Å². The van der Waals surface area contributed by atoms with Crippen LogP contribution in [0.5, 0.6) is 0 Å². The monoisotopic (exact) mass is 379 g/mol. The Morgan fingerprint density at radius 2 is 1.81 bits per heavy atom. The largest absolute Gasteiger partial charge is 0.395 e. The number of nitro groups is 1. The van der Waals surface area contributed by atoms with Gasteiger partial charge in [0.1, 0.15) is 0 Å². The highest BCUT2D eigenvalue weighted by Gasteiger charge is 2.18. The van der Waals surface area contributed by atoms with Gasteiger partial charge in [-0.25, -0.2) is 8.42 Å². The molecule has 0 radical (unpaired) electrons. The molecule has 0 spiro atoms. The SMILES string of the molecule is CCCc1ccc(S(=O)(=O)Nc2cc([N+](=O)[O-])ccc2NCCO)cc1. The highest BCUT2D eigenvalue weighted by Crippen LogP contribution is 2.29. The molecule has 2 rings (SSSR count). The zero-order chi connectivity index (χ0) is 19.2. The molecule has 0 saturated heterocycles. The number of nitrogens with zero attached hydrogens (tertiary/aromatic N) is 1. The topological polar surface area (TPSA) is 122 Å². The van der Waals surface area contributed by atoms with Crippen molar-refractivity contribution in [2.45, 2.75) is 24.7 Å². The molecule has 0 bridgehead atoms. The van der Waals surface area contributed by atoms with Crippen LogP contribution in [0.4, 0.5) is 17.1 Å². The van der Waals surface area contributed by atoms with E-state index in [1.807, 2.05) is 6.92 Å². The maximum atomic E-state index is 12.6. The molecule has 0 aromatic heterocycles. The molecule has 0 amide bonds. The lowest BCUT2D eigenvalue weighted by atomic mass is 10.1. The van der Waals surface area contributed by atoms with Crippen LogP contribution >= 0.6 is 0 Å². The van der Waals surface area contributed by atoms with Crippen LogP contribution in [-0.4, -0.2) is 31.6 Å². The number of anilines is 2. The van der Waals surface area contributed by atoms with E-state index in [9.17, 15) is 18.5 Å². The molecule has 0 atom stereocenters. The van der Waals surface area contributed by atoms with Crippen molar-refractivity contribution in [3.63, 3.8) is 0 Å². The quantitative estimate of drug-likeness (QED) is 0.455. The van der Waals surface area contributed by atoms with Gasteiger partial charge in [-0.3, -0.25) is 14.8 Å². The van der Waals surface area contributed by atoms with E-state index >= 15 is 0 Å². The number of nitro benzene ring substituents is 1. The third-order valence-corrected chi connectivity index (χ3v) is 5.04. The van der Waals surface area contributed by atoms with Crippen LogP contribution in [0.1, 0.15) is 18.9 Å². The summed E-state index contributed by atoms with van der Waals surface area (Å²) in [6, 6.07) is 10.3. The van der Waals surface area contributed by atoms with Crippen LogP contribution in [0.2, 0.25) is 0 Å². The van der Waals surface area contributed by atoms with Crippen LogP contribution in [0.25, 0.3) is 0 Å². The molecule has 0 saturated carbocycles. The number of benzene rings is 2. The number of sulfonamides is 1. The van der Waals surface area contributed by atoms with Crippen molar-refractivity contribution in [1.29, 1.82) is 0 Å². The fourth-order valence-corrected chi connectivity index (χ4v) is 3.47. The third kappa shape index (κ3) is 4.93. The van der Waals surface area contributed by atoms with Gasteiger partial charge in [0, 0.05) is 18.7 Å². The van der Waals surface area contributed by atoms with Crippen molar-refractivity contribution in [3.8, 4) is 0 Å². The second kappa shape index (κ2) is 8.63. The first kappa shape index (κ1) is 19.7. The van der Waals surface area contributed by atoms with Crippen molar-refractivity contribution >= 4 is 27.1 Å². The fourth-order valence-electron chi connectivity index (χ4n) is 2.40. The van der Waals surface area contributed by atoms with Crippen molar-refractivity contribution in [2.24, 2.45) is 0 Å². The lowest BCUT2D eigenvalue weighted by Crippen LogP contribution is -2.15. The summed E-state index contributed by atoms with van der Waals surface area (Å²) in [5.74, 6) is 0. The molecule has 8 nitrogen and oxygen atoms in total. The summed E-state index contributed by atoms with van der Waals surface area (Å²) in [6.07, 6.45) is 1.81. The van der Waals surface area contributed by atoms with Crippen LogP contribution in [0, 0.1) is 10.1 Å². The molecule has 0 unspecified atom stereocenters. The van der Waals surface area contributed by atoms with Crippen molar-refractivity contribution in [2.75, 3.05) is 23.2 Å². The molecule has 0 aliphatic carbocycles. The molecular weight excluding hydrogens is 358 g/mol. The number of aryl methyl sites for hydroxylation is 1. The average molecular weight is 379 g/mol. The number of hydrogen-bond acceptors (Lipinski definition) is 6. The van der Waals surface area contributed by atoms with Gasteiger partial charge in [0.25, 0.3) is 15.7 Å². The first-order valence-corrected chi connectivity index (χ1v) is 9.60. The molecule has 3 N–H and O–H groups in total. The summed E-state index contributed by atoms with van der Waals surface area (Å²) in [5.41, 5.74) is 1.18. The lowest BCUT2D eigenvalue weighted by Gasteiger charge is -2.14. The van der Waals surface area contributed by atoms with E-state index in [-0.39, 0.29) is 29.4 Å². The Kier molecular flexibility index (Phi) is 6.53. The van der Waals surface area contributed by atoms with E-state index in [0.29, 0.717) is 5.69 Å². The molecule has 2 aromatic rings. The smallest absolute Gasteiger partial charge is 0.271 e. The second-order valence-corrected chi connectivity index (χ2v) is 7.32. The summed E-state index contributed by atoms with van der Waals surface area (Å²) < 4.78 is 27.6. The lowest BCUT2D eigenvalue weighted by molar-refractivity contribution is -0.384. The summed E-state index contributed by atoms with van der Waals surface area (Å²) >= 11 is 0. The van der Waals surface area contributed by atoms with E-state index in [1.165, 1.54) is 24.3 Å². The standard InChI is InChI=1S/C17H21N3O5S/c1-2-3-13-4-7-15(8-5-13)26(24,25)19-17-12-14(20(22)23)6-9-16(17)18-10-11-21/h4-9,12,18-19,21H,2-3,10-11H2,1H3. The van der Waals surface area contributed by atoms with Gasteiger partial charge in [0.15, 0.2) is 0 Å². The minimum Gasteiger partial charge on any atom is -0.395 e. The number of non-ortho nitro benzene ring substituents is 1. The zero-order valence-electron chi connectivity index (χ0n) is 14.3. The highest BCUT2D eigenvalue weighted by molar-refractivity contribution is 7.92. The summed E-state index contributed by atoms with van der Waals surface area (Å²) in [6.45, 7) is 2.05. The third-order valence-electron chi connectivity index (χ3n) is 3.66. The summed E-state index contributed by atoms with van der Waals surface area (Å²) in [4.78, 5) is 10.4. The molecule has 26 heavy (non-hydrogen) atoms. The Bertz CT molecular complexity index is 866. The number of aliphatic hydroxyl groups excluding tert-OH is 1. The number of aliphatic hydroxyl groups is 1. The van der Waals surface area contributed by atoms with Gasteiger partial charge >= 0.3 is 0 Å². The Morgan fingerprint density at radius 3 is 2.38 bits per heavy atom. The van der Waals surface area contributed by atoms with Gasteiger partial charge in [0.2, 0.25) is 0 Å². The van der Waals surface area contributed by atoms with Crippen molar-refractivity contribution in [1.82, 2.24) is 0 Å². The molecular formula is C17H21N3O5S. The molecule has 0 fully saturated rings.